The smallest absolute Gasteiger partial charge is 0.218 e. The van der Waals surface area contributed by atoms with E-state index in [0.29, 0.717) is 13.2 Å². The third-order valence-electron chi connectivity index (χ3n) is 4.22. The van der Waals surface area contributed by atoms with Crippen molar-refractivity contribution in [1.29, 1.82) is 0 Å². The molecule has 0 aromatic carbocycles. The van der Waals surface area contributed by atoms with Gasteiger partial charge in [-0.25, -0.2) is 0 Å². The molecule has 1 aliphatic carbocycles. The van der Waals surface area contributed by atoms with E-state index in [9.17, 15) is 4.79 Å². The summed E-state index contributed by atoms with van der Waals surface area (Å²) in [5.41, 5.74) is 1.45. The molecule has 1 heterocycles. The van der Waals surface area contributed by atoms with Gasteiger partial charge in [0.1, 0.15) is 0 Å². The molecule has 0 aromatic heterocycles. The van der Waals surface area contributed by atoms with Crippen LogP contribution in [0.5, 0.6) is 0 Å². The molecule has 2 atom stereocenters. The molecule has 1 saturated heterocycles. The molecule has 0 spiro atoms. The Labute approximate surface area is 116 Å². The first-order valence-corrected chi connectivity index (χ1v) is 7.65. The van der Waals surface area contributed by atoms with Crippen molar-refractivity contribution in [3.05, 3.63) is 11.6 Å². The van der Waals surface area contributed by atoms with Gasteiger partial charge in [0.15, 0.2) is 5.78 Å². The van der Waals surface area contributed by atoms with Crippen LogP contribution in [-0.2, 0) is 14.3 Å². The van der Waals surface area contributed by atoms with Crippen molar-refractivity contribution in [3.63, 3.8) is 0 Å². The Kier molecular flexibility index (Phi) is 5.59. The maximum Gasteiger partial charge on any atom is 0.218 e. The van der Waals surface area contributed by atoms with Gasteiger partial charge < -0.3 is 9.47 Å². The van der Waals surface area contributed by atoms with E-state index in [1.165, 1.54) is 31.3 Å². The predicted octanol–water partition coefficient (Wildman–Crippen LogP) is 3.48. The van der Waals surface area contributed by atoms with Crippen LogP contribution in [0.2, 0.25) is 0 Å². The van der Waals surface area contributed by atoms with Crippen LogP contribution < -0.4 is 0 Å². The fourth-order valence-electron chi connectivity index (χ4n) is 3.05. The first kappa shape index (κ1) is 14.7. The second-order valence-electron chi connectivity index (χ2n) is 5.87. The molecular weight excluding hydrogens is 240 g/mol. The number of allylic oxidation sites excluding steroid dienone is 2. The lowest BCUT2D eigenvalue weighted by Gasteiger charge is -2.23. The van der Waals surface area contributed by atoms with Crippen LogP contribution >= 0.6 is 0 Å². The Morgan fingerprint density at radius 2 is 2.16 bits per heavy atom. The molecule has 2 rings (SSSR count). The minimum atomic E-state index is -0.605. The second kappa shape index (κ2) is 7.20. The summed E-state index contributed by atoms with van der Waals surface area (Å²) in [7, 11) is 0. The first-order valence-electron chi connectivity index (χ1n) is 7.65. The van der Waals surface area contributed by atoms with Gasteiger partial charge in [0.25, 0.3) is 0 Å². The third-order valence-corrected chi connectivity index (χ3v) is 4.22. The number of carbonyl (C=O) groups excluding carboxylic acids is 1. The number of hydrogen-bond donors (Lipinski definition) is 0. The normalized spacial score (nSPS) is 26.2. The summed E-state index contributed by atoms with van der Waals surface area (Å²) in [6.45, 7) is 5.34. The van der Waals surface area contributed by atoms with Gasteiger partial charge in [0, 0.05) is 5.92 Å². The van der Waals surface area contributed by atoms with Gasteiger partial charge in [0.05, 0.1) is 13.2 Å². The SMILES string of the molecule is CCCC1CC=C(CC(C)C(=O)C2OCCO2)CC1. The third kappa shape index (κ3) is 4.15. The number of hydrogen-bond acceptors (Lipinski definition) is 3. The minimum absolute atomic E-state index is 0.0112. The first-order chi connectivity index (χ1) is 9.20. The molecule has 1 aliphatic heterocycles. The van der Waals surface area contributed by atoms with Gasteiger partial charge in [-0.3, -0.25) is 4.79 Å². The zero-order valence-electron chi connectivity index (χ0n) is 12.2. The van der Waals surface area contributed by atoms with Crippen LogP contribution in [0.15, 0.2) is 11.6 Å². The lowest BCUT2D eigenvalue weighted by molar-refractivity contribution is -0.148. The summed E-state index contributed by atoms with van der Waals surface area (Å²) in [6, 6.07) is 0. The minimum Gasteiger partial charge on any atom is -0.344 e. The van der Waals surface area contributed by atoms with E-state index in [1.54, 1.807) is 0 Å². The van der Waals surface area contributed by atoms with E-state index in [4.69, 9.17) is 9.47 Å². The van der Waals surface area contributed by atoms with E-state index >= 15 is 0 Å². The lowest BCUT2D eigenvalue weighted by Crippen LogP contribution is -2.28. The van der Waals surface area contributed by atoms with E-state index < -0.39 is 6.29 Å². The van der Waals surface area contributed by atoms with Gasteiger partial charge in [-0.1, -0.05) is 38.3 Å². The molecule has 0 radical (unpaired) electrons. The quantitative estimate of drug-likeness (QED) is 0.690. The molecule has 2 unspecified atom stereocenters. The molecule has 3 nitrogen and oxygen atoms in total. The Balaban J connectivity index is 1.79. The van der Waals surface area contributed by atoms with Gasteiger partial charge in [0.2, 0.25) is 6.29 Å². The summed E-state index contributed by atoms with van der Waals surface area (Å²) >= 11 is 0. The number of carbonyl (C=O) groups is 1. The molecule has 2 aliphatic rings. The van der Waals surface area contributed by atoms with Gasteiger partial charge in [-0.2, -0.15) is 0 Å². The highest BCUT2D eigenvalue weighted by Gasteiger charge is 2.29. The van der Waals surface area contributed by atoms with E-state index in [1.807, 2.05) is 6.92 Å². The molecular formula is C16H26O3. The fourth-order valence-corrected chi connectivity index (χ4v) is 3.05. The zero-order valence-corrected chi connectivity index (χ0v) is 12.2. The lowest BCUT2D eigenvalue weighted by atomic mass is 9.83. The van der Waals surface area contributed by atoms with Crippen LogP contribution in [0.3, 0.4) is 0 Å². The molecule has 0 aromatic rings. The molecule has 1 fully saturated rings. The molecule has 19 heavy (non-hydrogen) atoms. The van der Waals surface area contributed by atoms with Crippen LogP contribution in [0, 0.1) is 11.8 Å². The molecule has 0 amide bonds. The fraction of sp³-hybridized carbons (Fsp3) is 0.812. The van der Waals surface area contributed by atoms with Crippen molar-refractivity contribution >= 4 is 5.78 Å². The highest BCUT2D eigenvalue weighted by Crippen LogP contribution is 2.30. The Hall–Kier alpha value is -0.670. The average molecular weight is 266 g/mol. The van der Waals surface area contributed by atoms with Crippen LogP contribution in [0.25, 0.3) is 0 Å². The van der Waals surface area contributed by atoms with E-state index in [-0.39, 0.29) is 11.7 Å². The summed E-state index contributed by atoms with van der Waals surface area (Å²) in [5.74, 6) is 0.979. The van der Waals surface area contributed by atoms with Crippen molar-refractivity contribution in [1.82, 2.24) is 0 Å². The van der Waals surface area contributed by atoms with Crippen molar-refractivity contribution in [3.8, 4) is 0 Å². The highest BCUT2D eigenvalue weighted by molar-refractivity contribution is 5.84. The van der Waals surface area contributed by atoms with Crippen molar-refractivity contribution in [2.75, 3.05) is 13.2 Å². The maximum atomic E-state index is 12.1. The second-order valence-corrected chi connectivity index (χ2v) is 5.87. The number of ketones is 1. The topological polar surface area (TPSA) is 35.5 Å². The van der Waals surface area contributed by atoms with Gasteiger partial charge in [-0.05, 0) is 31.6 Å². The van der Waals surface area contributed by atoms with Gasteiger partial charge >= 0.3 is 0 Å². The van der Waals surface area contributed by atoms with Crippen molar-refractivity contribution in [2.45, 2.75) is 58.7 Å². The maximum absolute atomic E-state index is 12.1. The Morgan fingerprint density at radius 1 is 1.42 bits per heavy atom. The Morgan fingerprint density at radius 3 is 2.74 bits per heavy atom. The number of ether oxygens (including phenoxy) is 2. The molecule has 0 N–H and O–H groups in total. The largest absolute Gasteiger partial charge is 0.344 e. The number of Topliss-reactive ketones (excluding diaryl/α,β-unsaturated/α-hetero) is 1. The molecule has 3 heteroatoms. The predicted molar refractivity (Wildman–Crippen MR) is 74.8 cm³/mol. The highest BCUT2D eigenvalue weighted by atomic mass is 16.7. The van der Waals surface area contributed by atoms with E-state index in [2.05, 4.69) is 13.0 Å². The summed E-state index contributed by atoms with van der Waals surface area (Å²) < 4.78 is 10.6. The standard InChI is InChI=1S/C16H26O3/c1-3-4-13-5-7-14(8-6-13)11-12(2)15(17)16-18-9-10-19-16/h7,12-13,16H,3-6,8-11H2,1-2H3. The van der Waals surface area contributed by atoms with E-state index in [0.717, 1.165) is 18.8 Å². The monoisotopic (exact) mass is 266 g/mol. The van der Waals surface area contributed by atoms with Crippen molar-refractivity contribution in [2.24, 2.45) is 11.8 Å². The molecule has 108 valence electrons. The summed E-state index contributed by atoms with van der Waals surface area (Å²) in [4.78, 5) is 12.1. The molecule has 0 bridgehead atoms. The van der Waals surface area contributed by atoms with Crippen LogP contribution in [-0.4, -0.2) is 25.3 Å². The van der Waals surface area contributed by atoms with Crippen molar-refractivity contribution < 1.29 is 14.3 Å². The van der Waals surface area contributed by atoms with Crippen LogP contribution in [0.4, 0.5) is 0 Å². The van der Waals surface area contributed by atoms with Crippen LogP contribution in [0.1, 0.15) is 52.4 Å². The Bertz CT molecular complexity index is 329. The summed E-state index contributed by atoms with van der Waals surface area (Å²) in [6.07, 6.45) is 8.89. The number of rotatable bonds is 6. The molecule has 0 saturated carbocycles. The average Bonchev–Trinajstić information content (AvgIpc) is 2.94. The zero-order chi connectivity index (χ0) is 13.7. The summed E-state index contributed by atoms with van der Waals surface area (Å²) in [5, 5.41) is 0. The van der Waals surface area contributed by atoms with Gasteiger partial charge in [-0.15, -0.1) is 0 Å².